The molecule has 0 amide bonds. The molecule has 0 saturated heterocycles. The van der Waals surface area contributed by atoms with E-state index in [0.29, 0.717) is 10.9 Å². The van der Waals surface area contributed by atoms with Crippen LogP contribution in [0.5, 0.6) is 0 Å². The van der Waals surface area contributed by atoms with Crippen LogP contribution >= 0.6 is 50.5 Å². The van der Waals surface area contributed by atoms with Gasteiger partial charge >= 0.3 is 0 Å². The minimum atomic E-state index is 0.373. The molecule has 0 aliphatic heterocycles. The molecule has 2 aromatic heterocycles. The highest BCUT2D eigenvalue weighted by Gasteiger charge is 2.13. The first-order chi connectivity index (χ1) is 9.19. The highest BCUT2D eigenvalue weighted by Crippen LogP contribution is 2.28. The van der Waals surface area contributed by atoms with Crippen molar-refractivity contribution in [3.8, 4) is 0 Å². The average molecular weight is 376 g/mol. The Morgan fingerprint density at radius 3 is 2.79 bits per heavy atom. The maximum atomic E-state index is 6.29. The van der Waals surface area contributed by atoms with Crippen LogP contribution in [-0.4, -0.2) is 9.55 Å². The van der Waals surface area contributed by atoms with E-state index in [1.54, 1.807) is 11.3 Å². The Bertz CT molecular complexity index is 735. The fraction of sp³-hybridized carbons (Fsp3) is 0.154. The van der Waals surface area contributed by atoms with Crippen LogP contribution in [-0.2, 0) is 12.4 Å². The monoisotopic (exact) mass is 374 g/mol. The molecule has 0 saturated carbocycles. The van der Waals surface area contributed by atoms with Crippen LogP contribution in [0.25, 0.3) is 11.0 Å². The number of halogens is 3. The first kappa shape index (κ1) is 13.4. The topological polar surface area (TPSA) is 17.8 Å². The van der Waals surface area contributed by atoms with E-state index in [-0.39, 0.29) is 0 Å². The summed E-state index contributed by atoms with van der Waals surface area (Å²) in [6, 6.07) is 9.88. The van der Waals surface area contributed by atoms with Crippen molar-refractivity contribution >= 4 is 61.5 Å². The van der Waals surface area contributed by atoms with E-state index in [1.807, 2.05) is 24.3 Å². The summed E-state index contributed by atoms with van der Waals surface area (Å²) in [5.41, 5.74) is 1.84. The Kier molecular flexibility index (Phi) is 3.85. The molecule has 98 valence electrons. The molecule has 0 unspecified atom stereocenters. The number of aromatic nitrogens is 2. The molecule has 2 nitrogen and oxygen atoms in total. The average Bonchev–Trinajstić information content (AvgIpc) is 2.95. The summed E-state index contributed by atoms with van der Waals surface area (Å²) in [5.74, 6) is 1.21. The van der Waals surface area contributed by atoms with E-state index >= 15 is 0 Å². The first-order valence-corrected chi connectivity index (χ1v) is 8.15. The number of rotatable bonds is 3. The van der Waals surface area contributed by atoms with Crippen LogP contribution in [0.3, 0.4) is 0 Å². The van der Waals surface area contributed by atoms with Gasteiger partial charge in [-0.25, -0.2) is 4.98 Å². The molecule has 0 fully saturated rings. The van der Waals surface area contributed by atoms with Gasteiger partial charge in [0.05, 0.1) is 32.3 Å². The number of benzene rings is 1. The van der Waals surface area contributed by atoms with Crippen LogP contribution in [0, 0.1) is 0 Å². The minimum absolute atomic E-state index is 0.373. The predicted octanol–water partition coefficient (Wildman–Crippen LogP) is 5.30. The normalized spacial score (nSPS) is 11.3. The second-order valence-electron chi connectivity index (χ2n) is 4.06. The zero-order valence-electron chi connectivity index (χ0n) is 9.74. The van der Waals surface area contributed by atoms with Gasteiger partial charge in [-0.1, -0.05) is 17.7 Å². The first-order valence-electron chi connectivity index (χ1n) is 5.63. The fourth-order valence-corrected chi connectivity index (χ4v) is 4.00. The molecular formula is C13H9BrCl2N2S. The van der Waals surface area contributed by atoms with Crippen molar-refractivity contribution in [2.24, 2.45) is 0 Å². The Morgan fingerprint density at radius 2 is 2.11 bits per heavy atom. The number of imidazole rings is 1. The third-order valence-corrected chi connectivity index (χ3v) is 5.01. The van der Waals surface area contributed by atoms with Gasteiger partial charge in [0.2, 0.25) is 0 Å². The van der Waals surface area contributed by atoms with Gasteiger partial charge in [0, 0.05) is 4.88 Å². The summed E-state index contributed by atoms with van der Waals surface area (Å²) in [6.07, 6.45) is 0. The lowest BCUT2D eigenvalue weighted by Gasteiger charge is -2.06. The molecule has 19 heavy (non-hydrogen) atoms. The lowest BCUT2D eigenvalue weighted by molar-refractivity contribution is 0.789. The number of para-hydroxylation sites is 1. The van der Waals surface area contributed by atoms with E-state index in [0.717, 1.165) is 27.2 Å². The van der Waals surface area contributed by atoms with E-state index in [2.05, 4.69) is 31.5 Å². The molecule has 0 spiro atoms. The highest BCUT2D eigenvalue weighted by atomic mass is 79.9. The van der Waals surface area contributed by atoms with Gasteiger partial charge in [-0.15, -0.1) is 22.9 Å². The number of hydrogen-bond acceptors (Lipinski definition) is 2. The van der Waals surface area contributed by atoms with E-state index in [1.165, 1.54) is 4.88 Å². The second kappa shape index (κ2) is 5.44. The third-order valence-electron chi connectivity index (χ3n) is 2.86. The predicted molar refractivity (Wildman–Crippen MR) is 85.4 cm³/mol. The number of hydrogen-bond donors (Lipinski definition) is 0. The molecule has 0 atom stereocenters. The van der Waals surface area contributed by atoms with Crippen molar-refractivity contribution in [3.63, 3.8) is 0 Å². The van der Waals surface area contributed by atoms with Crippen LogP contribution in [0.2, 0.25) is 5.02 Å². The Hall–Kier alpha value is -0.550. The molecule has 0 radical (unpaired) electrons. The summed E-state index contributed by atoms with van der Waals surface area (Å²) in [4.78, 5) is 5.77. The standard InChI is InChI=1S/C13H9BrCl2N2S/c14-11-5-4-8(19-11)7-18-12(6-15)17-10-3-1-2-9(16)13(10)18/h1-5H,6-7H2. The zero-order valence-corrected chi connectivity index (χ0v) is 13.7. The largest absolute Gasteiger partial charge is 0.320 e. The van der Waals surface area contributed by atoms with Crippen molar-refractivity contribution < 1.29 is 0 Å². The van der Waals surface area contributed by atoms with Crippen molar-refractivity contribution in [2.45, 2.75) is 12.4 Å². The Balaban J connectivity index is 2.15. The van der Waals surface area contributed by atoms with Crippen molar-refractivity contribution in [2.75, 3.05) is 0 Å². The van der Waals surface area contributed by atoms with Gasteiger partial charge in [-0.05, 0) is 40.2 Å². The molecule has 2 heterocycles. The number of alkyl halides is 1. The van der Waals surface area contributed by atoms with Gasteiger partial charge < -0.3 is 4.57 Å². The third kappa shape index (κ3) is 2.55. The van der Waals surface area contributed by atoms with E-state index < -0.39 is 0 Å². The quantitative estimate of drug-likeness (QED) is 0.568. The molecular weight excluding hydrogens is 367 g/mol. The van der Waals surface area contributed by atoms with Crippen molar-refractivity contribution in [1.29, 1.82) is 0 Å². The molecule has 0 aliphatic carbocycles. The molecule has 0 N–H and O–H groups in total. The lowest BCUT2D eigenvalue weighted by Crippen LogP contribution is -2.02. The summed E-state index contributed by atoms with van der Waals surface area (Å²) < 4.78 is 3.20. The summed E-state index contributed by atoms with van der Waals surface area (Å²) >= 11 is 17.5. The fourth-order valence-electron chi connectivity index (χ4n) is 2.05. The van der Waals surface area contributed by atoms with Gasteiger partial charge in [-0.2, -0.15) is 0 Å². The maximum absolute atomic E-state index is 6.29. The summed E-state index contributed by atoms with van der Waals surface area (Å²) in [7, 11) is 0. The zero-order chi connectivity index (χ0) is 13.4. The van der Waals surface area contributed by atoms with Crippen LogP contribution < -0.4 is 0 Å². The Labute approximate surface area is 133 Å². The van der Waals surface area contributed by atoms with Crippen LogP contribution in [0.1, 0.15) is 10.7 Å². The SMILES string of the molecule is ClCc1nc2cccc(Cl)c2n1Cc1ccc(Br)s1. The van der Waals surface area contributed by atoms with Crippen LogP contribution in [0.15, 0.2) is 34.1 Å². The van der Waals surface area contributed by atoms with Gasteiger partial charge in [-0.3, -0.25) is 0 Å². The van der Waals surface area contributed by atoms with E-state index in [4.69, 9.17) is 23.2 Å². The van der Waals surface area contributed by atoms with Gasteiger partial charge in [0.1, 0.15) is 5.82 Å². The van der Waals surface area contributed by atoms with E-state index in [9.17, 15) is 0 Å². The summed E-state index contributed by atoms with van der Waals surface area (Å²) in [6.45, 7) is 0.735. The molecule has 6 heteroatoms. The lowest BCUT2D eigenvalue weighted by atomic mass is 10.3. The molecule has 1 aromatic carbocycles. The highest BCUT2D eigenvalue weighted by molar-refractivity contribution is 9.11. The van der Waals surface area contributed by atoms with Crippen molar-refractivity contribution in [1.82, 2.24) is 9.55 Å². The molecule has 3 rings (SSSR count). The molecule has 0 bridgehead atoms. The maximum Gasteiger partial charge on any atom is 0.125 e. The molecule has 0 aliphatic rings. The summed E-state index contributed by atoms with van der Waals surface area (Å²) in [5, 5.41) is 0.706. The minimum Gasteiger partial charge on any atom is -0.320 e. The number of thiophene rings is 1. The van der Waals surface area contributed by atoms with Crippen molar-refractivity contribution in [3.05, 3.63) is 49.8 Å². The Morgan fingerprint density at radius 1 is 1.26 bits per heavy atom. The number of fused-ring (bicyclic) bond motifs is 1. The smallest absolute Gasteiger partial charge is 0.125 e. The van der Waals surface area contributed by atoms with Crippen LogP contribution in [0.4, 0.5) is 0 Å². The number of nitrogens with zero attached hydrogens (tertiary/aromatic N) is 2. The van der Waals surface area contributed by atoms with Gasteiger partial charge in [0.15, 0.2) is 0 Å². The molecule has 3 aromatic rings. The second-order valence-corrected chi connectivity index (χ2v) is 7.28. The van der Waals surface area contributed by atoms with Gasteiger partial charge in [0.25, 0.3) is 0 Å².